The van der Waals surface area contributed by atoms with Crippen molar-refractivity contribution in [2.75, 3.05) is 0 Å². The van der Waals surface area contributed by atoms with Gasteiger partial charge in [0.15, 0.2) is 0 Å². The summed E-state index contributed by atoms with van der Waals surface area (Å²) in [4.78, 5) is 4.02. The van der Waals surface area contributed by atoms with E-state index < -0.39 is 0 Å². The van der Waals surface area contributed by atoms with Gasteiger partial charge >= 0.3 is 0 Å². The molecule has 4 heteroatoms. The van der Waals surface area contributed by atoms with Gasteiger partial charge in [0.05, 0.1) is 10.2 Å². The van der Waals surface area contributed by atoms with Crippen LogP contribution in [-0.4, -0.2) is 14.8 Å². The van der Waals surface area contributed by atoms with Crippen molar-refractivity contribution in [3.8, 4) is 16.9 Å². The second kappa shape index (κ2) is 4.74. The molecule has 3 nitrogen and oxygen atoms in total. The number of rotatable bonds is 2. The summed E-state index contributed by atoms with van der Waals surface area (Å²) >= 11 is 3.55. The van der Waals surface area contributed by atoms with E-state index in [1.807, 2.05) is 53.3 Å². The molecule has 1 aromatic carbocycles. The van der Waals surface area contributed by atoms with Crippen LogP contribution in [0.2, 0.25) is 0 Å². The summed E-state index contributed by atoms with van der Waals surface area (Å²) in [6, 6.07) is 13.9. The first-order chi connectivity index (χ1) is 8.84. The van der Waals surface area contributed by atoms with Gasteiger partial charge in [-0.15, -0.1) is 0 Å². The molecular formula is C14H10BrN3. The van der Waals surface area contributed by atoms with E-state index >= 15 is 0 Å². The lowest BCUT2D eigenvalue weighted by Gasteiger charge is -1.99. The average Bonchev–Trinajstić information content (AvgIpc) is 2.83. The van der Waals surface area contributed by atoms with Crippen LogP contribution in [0.5, 0.6) is 0 Å². The summed E-state index contributed by atoms with van der Waals surface area (Å²) in [5, 5.41) is 4.59. The summed E-state index contributed by atoms with van der Waals surface area (Å²) in [7, 11) is 0. The lowest BCUT2D eigenvalue weighted by molar-refractivity contribution is 0.884. The molecule has 0 saturated heterocycles. The van der Waals surface area contributed by atoms with Crippen molar-refractivity contribution in [2.45, 2.75) is 0 Å². The molecule has 0 fully saturated rings. The quantitative estimate of drug-likeness (QED) is 0.722. The zero-order chi connectivity index (χ0) is 12.4. The fourth-order valence-corrected chi connectivity index (χ4v) is 2.27. The van der Waals surface area contributed by atoms with Crippen LogP contribution >= 0.6 is 15.9 Å². The Balaban J connectivity index is 2.07. The molecule has 2 heterocycles. The number of aromatic nitrogens is 3. The first-order valence-electron chi connectivity index (χ1n) is 5.55. The first kappa shape index (κ1) is 11.2. The maximum Gasteiger partial charge on any atom is 0.107 e. The highest BCUT2D eigenvalue weighted by atomic mass is 79.9. The highest BCUT2D eigenvalue weighted by molar-refractivity contribution is 9.10. The van der Waals surface area contributed by atoms with Gasteiger partial charge in [-0.1, -0.05) is 18.2 Å². The zero-order valence-corrected chi connectivity index (χ0v) is 11.1. The number of benzene rings is 1. The highest BCUT2D eigenvalue weighted by Gasteiger charge is 2.09. The van der Waals surface area contributed by atoms with Crippen LogP contribution in [0.1, 0.15) is 0 Å². The Morgan fingerprint density at radius 1 is 0.944 bits per heavy atom. The van der Waals surface area contributed by atoms with Crippen LogP contribution < -0.4 is 0 Å². The SMILES string of the molecule is Brc1cn(-c2ccccc2)nc1-c1ccncc1. The van der Waals surface area contributed by atoms with Crippen LogP contribution in [0.15, 0.2) is 65.5 Å². The van der Waals surface area contributed by atoms with Crippen LogP contribution in [0.4, 0.5) is 0 Å². The normalized spacial score (nSPS) is 10.5. The van der Waals surface area contributed by atoms with Crippen LogP contribution in [0.3, 0.4) is 0 Å². The third-order valence-corrected chi connectivity index (χ3v) is 3.22. The van der Waals surface area contributed by atoms with Gasteiger partial charge in [-0.3, -0.25) is 4.98 Å². The van der Waals surface area contributed by atoms with Gasteiger partial charge in [0.1, 0.15) is 5.69 Å². The second-order valence-electron chi connectivity index (χ2n) is 3.84. The minimum atomic E-state index is 0.918. The molecule has 0 atom stereocenters. The molecule has 2 aromatic heterocycles. The Morgan fingerprint density at radius 2 is 1.67 bits per heavy atom. The second-order valence-corrected chi connectivity index (χ2v) is 4.70. The first-order valence-corrected chi connectivity index (χ1v) is 6.35. The fraction of sp³-hybridized carbons (Fsp3) is 0. The van der Waals surface area contributed by atoms with E-state index in [0.717, 1.165) is 21.4 Å². The van der Waals surface area contributed by atoms with Crippen molar-refractivity contribution in [3.05, 3.63) is 65.5 Å². The lowest BCUT2D eigenvalue weighted by Crippen LogP contribution is -1.93. The maximum atomic E-state index is 4.59. The fourth-order valence-electron chi connectivity index (χ4n) is 1.77. The topological polar surface area (TPSA) is 30.7 Å². The van der Waals surface area contributed by atoms with E-state index in [1.54, 1.807) is 12.4 Å². The van der Waals surface area contributed by atoms with Gasteiger partial charge < -0.3 is 0 Å². The van der Waals surface area contributed by atoms with Crippen LogP contribution in [0, 0.1) is 0 Å². The smallest absolute Gasteiger partial charge is 0.107 e. The van der Waals surface area contributed by atoms with E-state index in [4.69, 9.17) is 0 Å². The van der Waals surface area contributed by atoms with Gasteiger partial charge in [0, 0.05) is 24.2 Å². The summed E-state index contributed by atoms with van der Waals surface area (Å²) < 4.78 is 2.83. The van der Waals surface area contributed by atoms with E-state index in [2.05, 4.69) is 26.0 Å². The Morgan fingerprint density at radius 3 is 2.39 bits per heavy atom. The largest absolute Gasteiger partial charge is 0.265 e. The maximum absolute atomic E-state index is 4.59. The third kappa shape index (κ3) is 2.07. The zero-order valence-electron chi connectivity index (χ0n) is 9.49. The number of para-hydroxylation sites is 1. The number of hydrogen-bond acceptors (Lipinski definition) is 2. The number of pyridine rings is 1. The van der Waals surface area contributed by atoms with E-state index in [-0.39, 0.29) is 0 Å². The molecule has 3 aromatic rings. The van der Waals surface area contributed by atoms with Crippen molar-refractivity contribution < 1.29 is 0 Å². The minimum absolute atomic E-state index is 0.918. The van der Waals surface area contributed by atoms with Crippen LogP contribution in [0.25, 0.3) is 16.9 Å². The molecule has 0 radical (unpaired) electrons. The Hall–Kier alpha value is -1.94. The summed E-state index contributed by atoms with van der Waals surface area (Å²) in [6.07, 6.45) is 5.50. The predicted octanol–water partition coefficient (Wildman–Crippen LogP) is 3.70. The van der Waals surface area contributed by atoms with Gasteiger partial charge in [0.25, 0.3) is 0 Å². The van der Waals surface area contributed by atoms with Crippen molar-refractivity contribution in [1.82, 2.24) is 14.8 Å². The van der Waals surface area contributed by atoms with Gasteiger partial charge in [-0.05, 0) is 40.2 Å². The molecule has 0 aliphatic carbocycles. The molecule has 0 bridgehead atoms. The van der Waals surface area contributed by atoms with Gasteiger partial charge in [0.2, 0.25) is 0 Å². The molecule has 18 heavy (non-hydrogen) atoms. The molecule has 88 valence electrons. The standard InChI is InChI=1S/C14H10BrN3/c15-13-10-18(12-4-2-1-3-5-12)17-14(13)11-6-8-16-9-7-11/h1-10H. The monoisotopic (exact) mass is 299 g/mol. The molecule has 3 rings (SSSR count). The van der Waals surface area contributed by atoms with Crippen molar-refractivity contribution in [1.29, 1.82) is 0 Å². The van der Waals surface area contributed by atoms with E-state index in [1.165, 1.54) is 0 Å². The summed E-state index contributed by atoms with van der Waals surface area (Å²) in [5.41, 5.74) is 3.01. The average molecular weight is 300 g/mol. The Kier molecular flexibility index (Phi) is 2.94. The molecule has 0 amide bonds. The third-order valence-electron chi connectivity index (χ3n) is 2.64. The Bertz CT molecular complexity index is 647. The molecular weight excluding hydrogens is 290 g/mol. The molecule has 0 aliphatic rings. The minimum Gasteiger partial charge on any atom is -0.265 e. The number of nitrogens with zero attached hydrogens (tertiary/aromatic N) is 3. The van der Waals surface area contributed by atoms with Crippen molar-refractivity contribution in [2.24, 2.45) is 0 Å². The number of hydrogen-bond donors (Lipinski definition) is 0. The molecule has 0 N–H and O–H groups in total. The highest BCUT2D eigenvalue weighted by Crippen LogP contribution is 2.27. The van der Waals surface area contributed by atoms with Crippen molar-refractivity contribution >= 4 is 15.9 Å². The summed E-state index contributed by atoms with van der Waals surface area (Å²) in [5.74, 6) is 0. The van der Waals surface area contributed by atoms with E-state index in [9.17, 15) is 0 Å². The lowest BCUT2D eigenvalue weighted by atomic mass is 10.2. The number of halogens is 1. The van der Waals surface area contributed by atoms with Crippen molar-refractivity contribution in [3.63, 3.8) is 0 Å². The van der Waals surface area contributed by atoms with Crippen LogP contribution in [-0.2, 0) is 0 Å². The molecule has 0 aliphatic heterocycles. The molecule has 0 spiro atoms. The predicted molar refractivity (Wildman–Crippen MR) is 74.5 cm³/mol. The van der Waals surface area contributed by atoms with E-state index in [0.29, 0.717) is 0 Å². The van der Waals surface area contributed by atoms with Gasteiger partial charge in [-0.2, -0.15) is 5.10 Å². The van der Waals surface area contributed by atoms with Gasteiger partial charge in [-0.25, -0.2) is 4.68 Å². The molecule has 0 unspecified atom stereocenters. The summed E-state index contributed by atoms with van der Waals surface area (Å²) in [6.45, 7) is 0. The molecule has 0 saturated carbocycles. The Labute approximate surface area is 113 Å².